The molecular weight excluding hydrogens is 439 g/mol. The molecular formula is C24H31FN6O3. The minimum absolute atomic E-state index is 0.0176. The second-order valence-corrected chi connectivity index (χ2v) is 8.92. The maximum Gasteiger partial charge on any atom is 0.273 e. The van der Waals surface area contributed by atoms with Gasteiger partial charge in [0.2, 0.25) is 11.9 Å². The van der Waals surface area contributed by atoms with E-state index < -0.39 is 0 Å². The molecule has 1 atom stereocenters. The Labute approximate surface area is 198 Å². The number of rotatable bonds is 7. The number of nitrogens with zero attached hydrogens (tertiary/aromatic N) is 5. The molecule has 3 heterocycles. The number of carbonyl (C=O) groups is 2. The predicted octanol–water partition coefficient (Wildman–Crippen LogP) is 2.45. The Morgan fingerprint density at radius 3 is 2.41 bits per heavy atom. The van der Waals surface area contributed by atoms with Gasteiger partial charge in [0.15, 0.2) is 0 Å². The number of benzene rings is 1. The van der Waals surface area contributed by atoms with Crippen molar-refractivity contribution in [3.63, 3.8) is 0 Å². The summed E-state index contributed by atoms with van der Waals surface area (Å²) >= 11 is 0. The number of methoxy groups -OCH3 is 1. The van der Waals surface area contributed by atoms with Crippen LogP contribution >= 0.6 is 0 Å². The van der Waals surface area contributed by atoms with Crippen molar-refractivity contribution in [3.8, 4) is 0 Å². The highest BCUT2D eigenvalue weighted by Crippen LogP contribution is 2.32. The third-order valence-electron chi connectivity index (χ3n) is 6.34. The second kappa shape index (κ2) is 9.92. The SMILES string of the molecule is COCC(Nc1nc(N2CCN(C(C)=O)CC2)nc2c1CN(C(C)C)C2=O)c1ccc(F)cc1. The van der Waals surface area contributed by atoms with Crippen LogP contribution in [0.5, 0.6) is 0 Å². The first-order valence-electron chi connectivity index (χ1n) is 11.5. The Kier molecular flexibility index (Phi) is 6.97. The monoisotopic (exact) mass is 470 g/mol. The zero-order valence-corrected chi connectivity index (χ0v) is 20.0. The van der Waals surface area contributed by atoms with E-state index in [-0.39, 0.29) is 29.7 Å². The van der Waals surface area contributed by atoms with Gasteiger partial charge in [0.25, 0.3) is 5.91 Å². The number of ether oxygens (including phenoxy) is 1. The molecule has 0 aliphatic carbocycles. The molecule has 9 nitrogen and oxygen atoms in total. The van der Waals surface area contributed by atoms with Gasteiger partial charge in [-0.1, -0.05) is 12.1 Å². The van der Waals surface area contributed by atoms with Gasteiger partial charge < -0.3 is 24.8 Å². The van der Waals surface area contributed by atoms with E-state index in [2.05, 4.69) is 10.3 Å². The average Bonchev–Trinajstić information content (AvgIpc) is 3.16. The molecule has 0 saturated carbocycles. The molecule has 1 aromatic heterocycles. The average molecular weight is 471 g/mol. The van der Waals surface area contributed by atoms with Gasteiger partial charge in [-0.3, -0.25) is 9.59 Å². The first-order chi connectivity index (χ1) is 16.3. The molecule has 2 amide bonds. The fourth-order valence-corrected chi connectivity index (χ4v) is 4.32. The number of hydrogen-bond acceptors (Lipinski definition) is 7. The fourth-order valence-electron chi connectivity index (χ4n) is 4.32. The zero-order chi connectivity index (χ0) is 24.4. The summed E-state index contributed by atoms with van der Waals surface area (Å²) in [5, 5.41) is 3.43. The fraction of sp³-hybridized carbons (Fsp3) is 0.500. The van der Waals surface area contributed by atoms with Gasteiger partial charge in [-0.15, -0.1) is 0 Å². The second-order valence-electron chi connectivity index (χ2n) is 8.92. The van der Waals surface area contributed by atoms with E-state index in [9.17, 15) is 14.0 Å². The summed E-state index contributed by atoms with van der Waals surface area (Å²) in [6, 6.07) is 5.96. The Balaban J connectivity index is 1.69. The van der Waals surface area contributed by atoms with Gasteiger partial charge in [-0.25, -0.2) is 9.37 Å². The van der Waals surface area contributed by atoms with E-state index >= 15 is 0 Å². The smallest absolute Gasteiger partial charge is 0.273 e. The minimum atomic E-state index is -0.312. The Morgan fingerprint density at radius 1 is 1.15 bits per heavy atom. The van der Waals surface area contributed by atoms with Crippen LogP contribution in [0.25, 0.3) is 0 Å². The highest BCUT2D eigenvalue weighted by Gasteiger charge is 2.35. The normalized spacial score (nSPS) is 16.8. The molecule has 10 heteroatoms. The van der Waals surface area contributed by atoms with Crippen LogP contribution in [-0.4, -0.2) is 77.5 Å². The Hall–Kier alpha value is -3.27. The number of aromatic nitrogens is 2. The Bertz CT molecular complexity index is 1050. The highest BCUT2D eigenvalue weighted by atomic mass is 19.1. The van der Waals surface area contributed by atoms with Gasteiger partial charge in [0.1, 0.15) is 17.3 Å². The highest BCUT2D eigenvalue weighted by molar-refractivity contribution is 5.98. The molecule has 1 N–H and O–H groups in total. The van der Waals surface area contributed by atoms with Crippen LogP contribution < -0.4 is 10.2 Å². The quantitative estimate of drug-likeness (QED) is 0.665. The van der Waals surface area contributed by atoms with E-state index in [1.165, 1.54) is 12.1 Å². The van der Waals surface area contributed by atoms with E-state index in [1.807, 2.05) is 18.7 Å². The minimum Gasteiger partial charge on any atom is -0.382 e. The van der Waals surface area contributed by atoms with Gasteiger partial charge in [0.05, 0.1) is 19.2 Å². The molecule has 34 heavy (non-hydrogen) atoms. The van der Waals surface area contributed by atoms with Crippen LogP contribution in [0.3, 0.4) is 0 Å². The molecule has 1 unspecified atom stereocenters. The standard InChI is InChI=1S/C24H31FN6O3/c1-15(2)31-13-19-21(23(31)33)27-24(30-11-9-29(10-12-30)16(3)32)28-22(19)26-20(14-34-4)17-5-7-18(25)8-6-17/h5-8,15,20H,9-14H2,1-4H3,(H,26,27,28). The summed E-state index contributed by atoms with van der Waals surface area (Å²) in [6.07, 6.45) is 0. The molecule has 1 saturated heterocycles. The summed E-state index contributed by atoms with van der Waals surface area (Å²) in [5.74, 6) is 0.633. The molecule has 1 fully saturated rings. The van der Waals surface area contributed by atoms with Crippen molar-refractivity contribution in [2.75, 3.05) is 50.1 Å². The lowest BCUT2D eigenvalue weighted by molar-refractivity contribution is -0.129. The number of fused-ring (bicyclic) bond motifs is 1. The number of anilines is 2. The van der Waals surface area contributed by atoms with E-state index in [4.69, 9.17) is 9.72 Å². The van der Waals surface area contributed by atoms with Crippen LogP contribution in [0.15, 0.2) is 24.3 Å². The van der Waals surface area contributed by atoms with Crippen LogP contribution in [0.2, 0.25) is 0 Å². The molecule has 2 aliphatic heterocycles. The van der Waals surface area contributed by atoms with Crippen molar-refractivity contribution in [3.05, 3.63) is 46.9 Å². The third-order valence-corrected chi connectivity index (χ3v) is 6.34. The number of piperazine rings is 1. The van der Waals surface area contributed by atoms with Gasteiger partial charge >= 0.3 is 0 Å². The molecule has 0 spiro atoms. The topological polar surface area (TPSA) is 90.9 Å². The number of halogens is 1. The Morgan fingerprint density at radius 2 is 1.82 bits per heavy atom. The number of hydrogen-bond donors (Lipinski definition) is 1. The van der Waals surface area contributed by atoms with Crippen molar-refractivity contribution in [2.24, 2.45) is 0 Å². The number of carbonyl (C=O) groups excluding carboxylic acids is 2. The van der Waals surface area contributed by atoms with Crippen molar-refractivity contribution >= 4 is 23.6 Å². The zero-order valence-electron chi connectivity index (χ0n) is 20.0. The first-order valence-corrected chi connectivity index (χ1v) is 11.5. The molecule has 182 valence electrons. The van der Waals surface area contributed by atoms with Crippen LogP contribution in [0.1, 0.15) is 48.4 Å². The predicted molar refractivity (Wildman–Crippen MR) is 126 cm³/mol. The summed E-state index contributed by atoms with van der Waals surface area (Å²) in [4.78, 5) is 39.9. The van der Waals surface area contributed by atoms with Crippen LogP contribution in [0, 0.1) is 5.82 Å². The van der Waals surface area contributed by atoms with E-state index in [0.29, 0.717) is 56.8 Å². The lowest BCUT2D eigenvalue weighted by Crippen LogP contribution is -2.48. The molecule has 2 aliphatic rings. The molecule has 1 aromatic carbocycles. The lowest BCUT2D eigenvalue weighted by Gasteiger charge is -2.34. The van der Waals surface area contributed by atoms with Crippen molar-refractivity contribution in [1.29, 1.82) is 0 Å². The van der Waals surface area contributed by atoms with Crippen LogP contribution in [-0.2, 0) is 16.1 Å². The molecule has 2 aromatic rings. The summed E-state index contributed by atoms with van der Waals surface area (Å²) in [6.45, 7) is 8.57. The summed E-state index contributed by atoms with van der Waals surface area (Å²) < 4.78 is 18.9. The first kappa shape index (κ1) is 23.9. The molecule has 0 radical (unpaired) electrons. The maximum atomic E-state index is 13.5. The largest absolute Gasteiger partial charge is 0.382 e. The van der Waals surface area contributed by atoms with Crippen molar-refractivity contribution in [2.45, 2.75) is 39.4 Å². The number of nitrogens with one attached hydrogen (secondary N) is 1. The van der Waals surface area contributed by atoms with Gasteiger partial charge in [-0.2, -0.15) is 4.98 Å². The molecule has 4 rings (SSSR count). The summed E-state index contributed by atoms with van der Waals surface area (Å²) in [7, 11) is 1.60. The summed E-state index contributed by atoms with van der Waals surface area (Å²) in [5.41, 5.74) is 1.98. The van der Waals surface area contributed by atoms with Gasteiger partial charge in [0, 0.05) is 51.8 Å². The van der Waals surface area contributed by atoms with Crippen LogP contribution in [0.4, 0.5) is 16.2 Å². The van der Waals surface area contributed by atoms with Crippen molar-refractivity contribution < 1.29 is 18.7 Å². The van der Waals surface area contributed by atoms with Crippen molar-refractivity contribution in [1.82, 2.24) is 19.8 Å². The number of amides is 2. The van der Waals surface area contributed by atoms with Gasteiger partial charge in [-0.05, 0) is 31.5 Å². The third kappa shape index (κ3) is 4.82. The van der Waals surface area contributed by atoms with E-state index in [1.54, 1.807) is 36.0 Å². The van der Waals surface area contributed by atoms with E-state index in [0.717, 1.165) is 11.1 Å². The maximum absolute atomic E-state index is 13.5. The lowest BCUT2D eigenvalue weighted by atomic mass is 10.1. The molecule has 0 bridgehead atoms.